The summed E-state index contributed by atoms with van der Waals surface area (Å²) in [6.45, 7) is 9.25. The van der Waals surface area contributed by atoms with Crippen molar-refractivity contribution in [2.24, 2.45) is 4.99 Å². The number of carbonyl (C=O) groups excluding carboxylic acids is 1. The molecule has 0 aliphatic carbocycles. The van der Waals surface area contributed by atoms with Crippen molar-refractivity contribution in [3.05, 3.63) is 51.4 Å². The summed E-state index contributed by atoms with van der Waals surface area (Å²) in [7, 11) is 0. The number of fused-ring (bicyclic) bond motifs is 1. The molecule has 0 saturated carbocycles. The number of hydrogen-bond acceptors (Lipinski definition) is 3. The van der Waals surface area contributed by atoms with Crippen LogP contribution >= 0.6 is 11.3 Å². The van der Waals surface area contributed by atoms with Gasteiger partial charge in [0, 0.05) is 16.2 Å². The van der Waals surface area contributed by atoms with E-state index in [0.29, 0.717) is 6.54 Å². The molecule has 2 aromatic rings. The monoisotopic (exact) mass is 326 g/mol. The van der Waals surface area contributed by atoms with Gasteiger partial charge in [-0.25, -0.2) is 0 Å². The number of aryl methyl sites for hydroxylation is 2. The van der Waals surface area contributed by atoms with E-state index in [1.165, 1.54) is 21.6 Å². The Labute approximate surface area is 141 Å². The molecule has 0 bridgehead atoms. The molecular formula is C19H22N2OS. The molecule has 0 radical (unpaired) electrons. The number of nitrogens with zero attached hydrogens (tertiary/aromatic N) is 2. The summed E-state index contributed by atoms with van der Waals surface area (Å²) in [4.78, 5) is 20.3. The molecule has 0 unspecified atom stereocenters. The number of carbonyl (C=O) groups is 1. The average molecular weight is 326 g/mol. The Kier molecular flexibility index (Phi) is 4.35. The molecule has 1 amide bonds. The lowest BCUT2D eigenvalue weighted by Crippen LogP contribution is -2.31. The number of amides is 1. The van der Waals surface area contributed by atoms with Crippen molar-refractivity contribution in [2.75, 3.05) is 11.4 Å². The van der Waals surface area contributed by atoms with Gasteiger partial charge in [-0.2, -0.15) is 0 Å². The van der Waals surface area contributed by atoms with Crippen LogP contribution in [0.3, 0.4) is 0 Å². The van der Waals surface area contributed by atoms with Gasteiger partial charge in [-0.15, -0.1) is 11.3 Å². The van der Waals surface area contributed by atoms with Crippen LogP contribution in [0, 0.1) is 13.8 Å². The van der Waals surface area contributed by atoms with Gasteiger partial charge in [0.15, 0.2) is 0 Å². The van der Waals surface area contributed by atoms with Gasteiger partial charge in [0.2, 0.25) is 5.91 Å². The molecule has 23 heavy (non-hydrogen) atoms. The van der Waals surface area contributed by atoms with Gasteiger partial charge in [-0.05, 0) is 38.3 Å². The topological polar surface area (TPSA) is 32.7 Å². The van der Waals surface area contributed by atoms with Crippen LogP contribution in [0.4, 0.5) is 5.00 Å². The molecule has 3 nitrogen and oxygen atoms in total. The summed E-state index contributed by atoms with van der Waals surface area (Å²) >= 11 is 1.72. The molecule has 3 rings (SSSR count). The SMILES string of the molecule is CCc1c(C)sc2c1C(C)=NCC(=O)N2Cc1ccc(C)cc1. The van der Waals surface area contributed by atoms with Crippen molar-refractivity contribution in [2.45, 2.75) is 40.7 Å². The maximum atomic E-state index is 12.6. The molecular weight excluding hydrogens is 304 g/mol. The zero-order valence-corrected chi connectivity index (χ0v) is 15.0. The van der Waals surface area contributed by atoms with E-state index >= 15 is 0 Å². The zero-order chi connectivity index (χ0) is 16.6. The smallest absolute Gasteiger partial charge is 0.249 e. The molecule has 0 saturated heterocycles. The Balaban J connectivity index is 2.05. The molecule has 0 fully saturated rings. The molecule has 0 spiro atoms. The van der Waals surface area contributed by atoms with E-state index in [2.05, 4.69) is 50.0 Å². The van der Waals surface area contributed by atoms with E-state index in [-0.39, 0.29) is 12.5 Å². The van der Waals surface area contributed by atoms with Gasteiger partial charge in [0.25, 0.3) is 0 Å². The third-order valence-corrected chi connectivity index (χ3v) is 5.54. The van der Waals surface area contributed by atoms with E-state index in [1.54, 1.807) is 11.3 Å². The fourth-order valence-corrected chi connectivity index (χ4v) is 4.36. The Hall–Kier alpha value is -1.94. The summed E-state index contributed by atoms with van der Waals surface area (Å²) in [6, 6.07) is 8.39. The maximum Gasteiger partial charge on any atom is 0.249 e. The number of rotatable bonds is 3. The van der Waals surface area contributed by atoms with Gasteiger partial charge in [-0.1, -0.05) is 36.8 Å². The first-order chi connectivity index (χ1) is 11.0. The van der Waals surface area contributed by atoms with E-state index in [4.69, 9.17) is 0 Å². The quantitative estimate of drug-likeness (QED) is 0.828. The summed E-state index contributed by atoms with van der Waals surface area (Å²) < 4.78 is 0. The van der Waals surface area contributed by atoms with Crippen LogP contribution in [0.5, 0.6) is 0 Å². The van der Waals surface area contributed by atoms with Crippen LogP contribution in [0.1, 0.15) is 41.0 Å². The predicted octanol–water partition coefficient (Wildman–Crippen LogP) is 4.28. The highest BCUT2D eigenvalue weighted by atomic mass is 32.1. The van der Waals surface area contributed by atoms with Crippen LogP contribution in [0.15, 0.2) is 29.3 Å². The zero-order valence-electron chi connectivity index (χ0n) is 14.1. The van der Waals surface area contributed by atoms with Gasteiger partial charge in [0.05, 0.1) is 6.54 Å². The highest BCUT2D eigenvalue weighted by Crippen LogP contribution is 2.38. The lowest BCUT2D eigenvalue weighted by molar-refractivity contribution is -0.117. The van der Waals surface area contributed by atoms with Crippen molar-refractivity contribution < 1.29 is 4.79 Å². The predicted molar refractivity (Wildman–Crippen MR) is 97.9 cm³/mol. The van der Waals surface area contributed by atoms with Gasteiger partial charge >= 0.3 is 0 Å². The van der Waals surface area contributed by atoms with Crippen LogP contribution < -0.4 is 4.90 Å². The highest BCUT2D eigenvalue weighted by molar-refractivity contribution is 7.17. The van der Waals surface area contributed by atoms with Gasteiger partial charge < -0.3 is 0 Å². The summed E-state index contributed by atoms with van der Waals surface area (Å²) in [5.41, 5.74) is 5.87. The number of anilines is 1. The first-order valence-electron chi connectivity index (χ1n) is 8.00. The van der Waals surface area contributed by atoms with E-state index in [0.717, 1.165) is 22.7 Å². The third kappa shape index (κ3) is 2.95. The number of hydrogen-bond donors (Lipinski definition) is 0. The van der Waals surface area contributed by atoms with Crippen molar-refractivity contribution in [3.63, 3.8) is 0 Å². The van der Waals surface area contributed by atoms with Crippen molar-refractivity contribution >= 4 is 28.0 Å². The largest absolute Gasteiger partial charge is 0.297 e. The first kappa shape index (κ1) is 15.9. The van der Waals surface area contributed by atoms with Crippen LogP contribution in [-0.4, -0.2) is 18.2 Å². The van der Waals surface area contributed by atoms with Gasteiger partial charge in [0.1, 0.15) is 11.5 Å². The molecule has 1 aliphatic heterocycles. The number of benzene rings is 1. The minimum Gasteiger partial charge on any atom is -0.297 e. The second-order valence-electron chi connectivity index (χ2n) is 6.04. The van der Waals surface area contributed by atoms with Crippen LogP contribution in [0.2, 0.25) is 0 Å². The molecule has 0 N–H and O–H groups in total. The van der Waals surface area contributed by atoms with E-state index in [9.17, 15) is 4.79 Å². The molecule has 1 aromatic heterocycles. The fraction of sp³-hybridized carbons (Fsp3) is 0.368. The third-order valence-electron chi connectivity index (χ3n) is 4.36. The summed E-state index contributed by atoms with van der Waals surface area (Å²) in [5.74, 6) is 0.0765. The molecule has 120 valence electrons. The maximum absolute atomic E-state index is 12.6. The Morgan fingerprint density at radius 1 is 1.17 bits per heavy atom. The highest BCUT2D eigenvalue weighted by Gasteiger charge is 2.28. The molecule has 4 heteroatoms. The van der Waals surface area contributed by atoms with Gasteiger partial charge in [-0.3, -0.25) is 14.7 Å². The summed E-state index contributed by atoms with van der Waals surface area (Å²) in [5, 5.41) is 1.06. The van der Waals surface area contributed by atoms with E-state index in [1.807, 2.05) is 11.8 Å². The molecule has 1 aromatic carbocycles. The van der Waals surface area contributed by atoms with E-state index < -0.39 is 0 Å². The van der Waals surface area contributed by atoms with Crippen LogP contribution in [-0.2, 0) is 17.8 Å². The molecule has 2 heterocycles. The minimum absolute atomic E-state index is 0.0765. The fourth-order valence-electron chi connectivity index (χ4n) is 3.05. The lowest BCUT2D eigenvalue weighted by atomic mass is 10.0. The lowest BCUT2D eigenvalue weighted by Gasteiger charge is -2.20. The van der Waals surface area contributed by atoms with Crippen LogP contribution in [0.25, 0.3) is 0 Å². The van der Waals surface area contributed by atoms with Crippen molar-refractivity contribution in [1.82, 2.24) is 0 Å². The minimum atomic E-state index is 0.0765. The Morgan fingerprint density at radius 3 is 2.52 bits per heavy atom. The summed E-state index contributed by atoms with van der Waals surface area (Å²) in [6.07, 6.45) is 0.969. The average Bonchev–Trinajstić information content (AvgIpc) is 2.82. The molecule has 1 aliphatic rings. The second kappa shape index (κ2) is 6.28. The first-order valence-corrected chi connectivity index (χ1v) is 8.82. The van der Waals surface area contributed by atoms with Crippen molar-refractivity contribution in [3.8, 4) is 0 Å². The Morgan fingerprint density at radius 2 is 1.87 bits per heavy atom. The van der Waals surface area contributed by atoms with Crippen molar-refractivity contribution in [1.29, 1.82) is 0 Å². The standard InChI is InChI=1S/C19H22N2OS/c1-5-16-14(4)23-19-18(16)13(3)20-10-17(22)21(19)11-15-8-6-12(2)7-9-15/h6-9H,5,10-11H2,1-4H3. The number of thiophene rings is 1. The molecule has 0 atom stereocenters. The number of aliphatic imine (C=N–C) groups is 1. The Bertz CT molecular complexity index is 771. The normalized spacial score (nSPS) is 14.5. The second-order valence-corrected chi connectivity index (χ2v) is 7.24.